The molecular formula is C17H28N6O2. The standard InChI is InChI=1S/C17H28N6O2/c1-21-6-2-3-13(12-21)4-5-16(25)23-9-7-22(8-10-23)14-11-15(24)20-17(18)19-14/h11,13H,2-10,12H2,1H3,(H3,18,19,20,24)/t13-/m1/s1. The van der Waals surface area contributed by atoms with E-state index in [0.29, 0.717) is 44.3 Å². The fourth-order valence-corrected chi connectivity index (χ4v) is 3.80. The topological polar surface area (TPSA) is 98.6 Å². The minimum atomic E-state index is -0.251. The Labute approximate surface area is 148 Å². The molecule has 1 aromatic rings. The summed E-state index contributed by atoms with van der Waals surface area (Å²) < 4.78 is 0. The lowest BCUT2D eigenvalue weighted by Gasteiger charge is -2.36. The molecule has 0 aliphatic carbocycles. The number of H-pyrrole nitrogens is 1. The van der Waals surface area contributed by atoms with Gasteiger partial charge < -0.3 is 20.4 Å². The zero-order valence-corrected chi connectivity index (χ0v) is 14.9. The van der Waals surface area contributed by atoms with Crippen LogP contribution in [0.3, 0.4) is 0 Å². The maximum absolute atomic E-state index is 12.5. The molecule has 3 N–H and O–H groups in total. The smallest absolute Gasteiger partial charge is 0.254 e. The predicted molar refractivity (Wildman–Crippen MR) is 97.5 cm³/mol. The molecule has 0 unspecified atom stereocenters. The van der Waals surface area contributed by atoms with Crippen molar-refractivity contribution in [1.82, 2.24) is 19.8 Å². The van der Waals surface area contributed by atoms with Crippen molar-refractivity contribution in [2.24, 2.45) is 5.92 Å². The van der Waals surface area contributed by atoms with E-state index in [1.54, 1.807) is 0 Å². The number of aromatic nitrogens is 2. The highest BCUT2D eigenvalue weighted by Gasteiger charge is 2.24. The average Bonchev–Trinajstić information content (AvgIpc) is 2.59. The number of nitrogens with one attached hydrogen (secondary N) is 1. The summed E-state index contributed by atoms with van der Waals surface area (Å²) in [6, 6.07) is 1.45. The van der Waals surface area contributed by atoms with Gasteiger partial charge in [0.2, 0.25) is 11.9 Å². The van der Waals surface area contributed by atoms with Crippen molar-refractivity contribution < 1.29 is 4.79 Å². The molecule has 0 radical (unpaired) electrons. The molecule has 25 heavy (non-hydrogen) atoms. The van der Waals surface area contributed by atoms with Crippen molar-refractivity contribution in [2.45, 2.75) is 25.7 Å². The van der Waals surface area contributed by atoms with Crippen LogP contribution in [-0.2, 0) is 4.79 Å². The van der Waals surface area contributed by atoms with Crippen molar-refractivity contribution in [2.75, 3.05) is 56.9 Å². The Balaban J connectivity index is 1.46. The number of anilines is 2. The maximum atomic E-state index is 12.5. The fraction of sp³-hybridized carbons (Fsp3) is 0.706. The highest BCUT2D eigenvalue weighted by molar-refractivity contribution is 5.76. The predicted octanol–water partition coefficient (Wildman–Crippen LogP) is 0.123. The third-order valence-electron chi connectivity index (χ3n) is 5.19. The summed E-state index contributed by atoms with van der Waals surface area (Å²) in [5.41, 5.74) is 5.35. The van der Waals surface area contributed by atoms with E-state index < -0.39 is 0 Å². The molecule has 2 aliphatic rings. The lowest BCUT2D eigenvalue weighted by molar-refractivity contribution is -0.131. The van der Waals surface area contributed by atoms with Gasteiger partial charge in [-0.3, -0.25) is 14.6 Å². The minimum absolute atomic E-state index is 0.124. The second-order valence-corrected chi connectivity index (χ2v) is 7.17. The summed E-state index contributed by atoms with van der Waals surface area (Å²) in [7, 11) is 2.16. The quantitative estimate of drug-likeness (QED) is 0.802. The molecular weight excluding hydrogens is 320 g/mol. The maximum Gasteiger partial charge on any atom is 0.254 e. The van der Waals surface area contributed by atoms with Gasteiger partial charge in [0.25, 0.3) is 5.56 Å². The van der Waals surface area contributed by atoms with Gasteiger partial charge in [0.05, 0.1) is 0 Å². The molecule has 0 spiro atoms. The first-order chi connectivity index (χ1) is 12.0. The molecule has 0 saturated carbocycles. The second kappa shape index (κ2) is 7.86. The van der Waals surface area contributed by atoms with Crippen LogP contribution in [0, 0.1) is 5.92 Å². The molecule has 2 aliphatic heterocycles. The van der Waals surface area contributed by atoms with Crippen molar-refractivity contribution in [3.8, 4) is 0 Å². The van der Waals surface area contributed by atoms with Crippen LogP contribution in [0.25, 0.3) is 0 Å². The largest absolute Gasteiger partial charge is 0.369 e. The van der Waals surface area contributed by atoms with Gasteiger partial charge >= 0.3 is 0 Å². The Morgan fingerprint density at radius 2 is 2.08 bits per heavy atom. The average molecular weight is 348 g/mol. The number of amides is 1. The first kappa shape index (κ1) is 17.7. The van der Waals surface area contributed by atoms with Gasteiger partial charge in [-0.15, -0.1) is 0 Å². The van der Waals surface area contributed by atoms with Crippen LogP contribution in [0.2, 0.25) is 0 Å². The van der Waals surface area contributed by atoms with Crippen molar-refractivity contribution in [1.29, 1.82) is 0 Å². The van der Waals surface area contributed by atoms with E-state index in [-0.39, 0.29) is 17.4 Å². The number of nitrogen functional groups attached to an aromatic ring is 1. The SMILES string of the molecule is CN1CCC[C@H](CCC(=O)N2CCN(c3cc(=O)[nH]c(N)n3)CC2)C1. The molecule has 8 heteroatoms. The number of carbonyl (C=O) groups is 1. The Morgan fingerprint density at radius 3 is 2.76 bits per heavy atom. The van der Waals surface area contributed by atoms with E-state index in [2.05, 4.69) is 21.9 Å². The van der Waals surface area contributed by atoms with Crippen LogP contribution >= 0.6 is 0 Å². The molecule has 0 aromatic carbocycles. The summed E-state index contributed by atoms with van der Waals surface area (Å²) in [5, 5.41) is 0. The number of hydrogen-bond acceptors (Lipinski definition) is 6. The van der Waals surface area contributed by atoms with E-state index in [1.165, 1.54) is 25.5 Å². The summed E-state index contributed by atoms with van der Waals surface area (Å²) in [4.78, 5) is 36.9. The molecule has 138 valence electrons. The number of nitrogens with two attached hydrogens (primary N) is 1. The van der Waals surface area contributed by atoms with E-state index in [4.69, 9.17) is 5.73 Å². The summed E-state index contributed by atoms with van der Waals surface area (Å²) >= 11 is 0. The number of piperidine rings is 1. The van der Waals surface area contributed by atoms with Crippen LogP contribution in [0.5, 0.6) is 0 Å². The molecule has 2 fully saturated rings. The lowest BCUT2D eigenvalue weighted by Crippen LogP contribution is -2.49. The van der Waals surface area contributed by atoms with Gasteiger partial charge in [-0.05, 0) is 38.8 Å². The molecule has 1 amide bonds. The Morgan fingerprint density at radius 1 is 1.32 bits per heavy atom. The fourth-order valence-electron chi connectivity index (χ4n) is 3.80. The molecule has 1 atom stereocenters. The van der Waals surface area contributed by atoms with E-state index >= 15 is 0 Å². The summed E-state index contributed by atoms with van der Waals surface area (Å²) in [6.07, 6.45) is 4.09. The molecule has 2 saturated heterocycles. The van der Waals surface area contributed by atoms with Gasteiger partial charge in [-0.25, -0.2) is 0 Å². The van der Waals surface area contributed by atoms with Crippen LogP contribution in [0.4, 0.5) is 11.8 Å². The highest BCUT2D eigenvalue weighted by atomic mass is 16.2. The van der Waals surface area contributed by atoms with Gasteiger partial charge in [0.1, 0.15) is 5.82 Å². The molecule has 3 heterocycles. The number of piperazine rings is 1. The monoisotopic (exact) mass is 348 g/mol. The third kappa shape index (κ3) is 4.72. The number of nitrogens with zero attached hydrogens (tertiary/aromatic N) is 4. The van der Waals surface area contributed by atoms with Gasteiger partial charge in [-0.1, -0.05) is 0 Å². The number of likely N-dealkylation sites (tertiary alicyclic amines) is 1. The number of rotatable bonds is 4. The third-order valence-corrected chi connectivity index (χ3v) is 5.19. The van der Waals surface area contributed by atoms with Crippen LogP contribution in [-0.4, -0.2) is 72.0 Å². The Bertz CT molecular complexity index is 653. The first-order valence-corrected chi connectivity index (χ1v) is 9.09. The Kier molecular flexibility index (Phi) is 5.57. The van der Waals surface area contributed by atoms with Crippen molar-refractivity contribution in [3.63, 3.8) is 0 Å². The molecule has 3 rings (SSSR count). The minimum Gasteiger partial charge on any atom is -0.369 e. The number of aromatic amines is 1. The van der Waals surface area contributed by atoms with Crippen molar-refractivity contribution in [3.05, 3.63) is 16.4 Å². The van der Waals surface area contributed by atoms with E-state index in [9.17, 15) is 9.59 Å². The zero-order chi connectivity index (χ0) is 17.8. The normalized spacial score (nSPS) is 22.2. The Hall–Kier alpha value is -2.09. The van der Waals surface area contributed by atoms with E-state index in [1.807, 2.05) is 9.80 Å². The van der Waals surface area contributed by atoms with Crippen LogP contribution in [0.1, 0.15) is 25.7 Å². The van der Waals surface area contributed by atoms with Gasteiger partial charge in [0, 0.05) is 45.2 Å². The van der Waals surface area contributed by atoms with Gasteiger partial charge in [-0.2, -0.15) is 4.98 Å². The summed E-state index contributed by atoms with van der Waals surface area (Å²) in [6.45, 7) is 4.96. The second-order valence-electron chi connectivity index (χ2n) is 7.17. The number of hydrogen-bond donors (Lipinski definition) is 2. The first-order valence-electron chi connectivity index (χ1n) is 9.09. The van der Waals surface area contributed by atoms with Gasteiger partial charge in [0.15, 0.2) is 0 Å². The molecule has 8 nitrogen and oxygen atoms in total. The molecule has 1 aromatic heterocycles. The van der Waals surface area contributed by atoms with Crippen molar-refractivity contribution >= 4 is 17.7 Å². The van der Waals surface area contributed by atoms with Crippen LogP contribution < -0.4 is 16.2 Å². The molecule has 0 bridgehead atoms. The number of carbonyl (C=O) groups excluding carboxylic acids is 1. The van der Waals surface area contributed by atoms with E-state index in [0.717, 1.165) is 13.0 Å². The zero-order valence-electron chi connectivity index (χ0n) is 14.9. The highest BCUT2D eigenvalue weighted by Crippen LogP contribution is 2.21. The lowest BCUT2D eigenvalue weighted by atomic mass is 9.93. The summed E-state index contributed by atoms with van der Waals surface area (Å²) in [5.74, 6) is 1.59. The van der Waals surface area contributed by atoms with Crippen LogP contribution in [0.15, 0.2) is 10.9 Å².